The molecule has 1 aromatic heterocycles. The molecule has 3 N–H and O–H groups in total. The van der Waals surface area contributed by atoms with E-state index >= 15 is 0 Å². The van der Waals surface area contributed by atoms with Crippen LogP contribution in [0.5, 0.6) is 0 Å². The number of hydrogen-bond donors (Lipinski definition) is 2. The minimum Gasteiger partial charge on any atom is -0.378 e. The molecule has 0 saturated heterocycles. The molecule has 2 rings (SSSR count). The van der Waals surface area contributed by atoms with Crippen LogP contribution in [-0.4, -0.2) is 14.9 Å². The first-order valence-corrected chi connectivity index (χ1v) is 5.65. The number of aryl methyl sites for hydroxylation is 1. The van der Waals surface area contributed by atoms with Crippen molar-refractivity contribution in [3.05, 3.63) is 45.2 Å². The van der Waals surface area contributed by atoms with Gasteiger partial charge in [-0.2, -0.15) is 0 Å². The quantitative estimate of drug-likeness (QED) is 0.661. The highest BCUT2D eigenvalue weighted by Gasteiger charge is 2.21. The maximum absolute atomic E-state index is 11.0. The van der Waals surface area contributed by atoms with E-state index in [1.54, 1.807) is 18.2 Å². The summed E-state index contributed by atoms with van der Waals surface area (Å²) in [5, 5.41) is 14.4. The molecule has 0 atom stereocenters. The van der Waals surface area contributed by atoms with Gasteiger partial charge < -0.3 is 11.1 Å². The number of rotatable bonds is 3. The van der Waals surface area contributed by atoms with Crippen LogP contribution in [0.25, 0.3) is 0 Å². The largest absolute Gasteiger partial charge is 0.378 e. The molecule has 8 heteroatoms. The van der Waals surface area contributed by atoms with Crippen molar-refractivity contribution >= 4 is 34.6 Å². The second kappa shape index (κ2) is 5.07. The van der Waals surface area contributed by atoms with Crippen LogP contribution < -0.4 is 11.1 Å². The van der Waals surface area contributed by atoms with E-state index < -0.39 is 4.92 Å². The molecule has 0 aliphatic heterocycles. The molecule has 7 nitrogen and oxygen atoms in total. The number of nitrogen functional groups attached to an aromatic ring is 1. The zero-order valence-electron chi connectivity index (χ0n) is 9.92. The first-order chi connectivity index (χ1) is 8.99. The van der Waals surface area contributed by atoms with Crippen LogP contribution in [0.15, 0.2) is 24.5 Å². The topological polar surface area (TPSA) is 107 Å². The van der Waals surface area contributed by atoms with E-state index in [4.69, 9.17) is 17.3 Å². The summed E-state index contributed by atoms with van der Waals surface area (Å²) in [5.41, 5.74) is 6.62. The third kappa shape index (κ3) is 2.71. The Hall–Kier alpha value is -2.41. The van der Waals surface area contributed by atoms with Gasteiger partial charge in [0.15, 0.2) is 0 Å². The number of nitrogens with two attached hydrogens (primary N) is 1. The molecule has 19 heavy (non-hydrogen) atoms. The predicted octanol–water partition coefficient (Wildman–Crippen LogP) is 2.67. The Bertz CT molecular complexity index is 647. The fourth-order valence-corrected chi connectivity index (χ4v) is 1.79. The molecular formula is C11H10ClN5O2. The Morgan fingerprint density at radius 2 is 2.16 bits per heavy atom. The Balaban J connectivity index is 2.44. The van der Waals surface area contributed by atoms with Crippen LogP contribution in [0.4, 0.5) is 23.0 Å². The smallest absolute Gasteiger partial charge is 0.353 e. The molecule has 0 aliphatic carbocycles. The number of nitrogens with zero attached hydrogens (tertiary/aromatic N) is 3. The van der Waals surface area contributed by atoms with Gasteiger partial charge in [0.1, 0.15) is 6.33 Å². The lowest BCUT2D eigenvalue weighted by Crippen LogP contribution is -2.05. The average molecular weight is 280 g/mol. The number of anilines is 3. The summed E-state index contributed by atoms with van der Waals surface area (Å²) in [5.74, 6) is -0.142. The molecule has 0 radical (unpaired) electrons. The molecule has 0 spiro atoms. The molecular weight excluding hydrogens is 270 g/mol. The number of halogens is 1. The van der Waals surface area contributed by atoms with Crippen molar-refractivity contribution in [3.8, 4) is 0 Å². The lowest BCUT2D eigenvalue weighted by Gasteiger charge is -2.09. The summed E-state index contributed by atoms with van der Waals surface area (Å²) in [6, 6.07) is 5.12. The van der Waals surface area contributed by atoms with E-state index in [2.05, 4.69) is 15.3 Å². The SMILES string of the molecule is Cc1cc(Cl)ccc1Nc1ncnc(N)c1[N+](=O)[O-]. The highest BCUT2D eigenvalue weighted by atomic mass is 35.5. The van der Waals surface area contributed by atoms with E-state index in [-0.39, 0.29) is 17.3 Å². The predicted molar refractivity (Wildman–Crippen MR) is 72.6 cm³/mol. The second-order valence-corrected chi connectivity index (χ2v) is 4.23. The molecule has 0 unspecified atom stereocenters. The van der Waals surface area contributed by atoms with Gasteiger partial charge in [0, 0.05) is 10.7 Å². The van der Waals surface area contributed by atoms with E-state index in [0.717, 1.165) is 11.9 Å². The highest BCUT2D eigenvalue weighted by Crippen LogP contribution is 2.30. The van der Waals surface area contributed by atoms with Crippen molar-refractivity contribution in [2.75, 3.05) is 11.1 Å². The summed E-state index contributed by atoms with van der Waals surface area (Å²) >= 11 is 5.85. The van der Waals surface area contributed by atoms with Crippen LogP contribution in [0, 0.1) is 17.0 Å². The van der Waals surface area contributed by atoms with Crippen molar-refractivity contribution in [2.24, 2.45) is 0 Å². The molecule has 1 aromatic carbocycles. The molecule has 2 aromatic rings. The first-order valence-electron chi connectivity index (χ1n) is 5.27. The second-order valence-electron chi connectivity index (χ2n) is 3.80. The van der Waals surface area contributed by atoms with E-state index in [9.17, 15) is 10.1 Å². The molecule has 0 aliphatic rings. The highest BCUT2D eigenvalue weighted by molar-refractivity contribution is 6.30. The van der Waals surface area contributed by atoms with Gasteiger partial charge in [0.25, 0.3) is 0 Å². The lowest BCUT2D eigenvalue weighted by atomic mass is 10.2. The minimum atomic E-state index is -0.622. The Morgan fingerprint density at radius 1 is 1.42 bits per heavy atom. The summed E-state index contributed by atoms with van der Waals surface area (Å²) in [4.78, 5) is 17.8. The fraction of sp³-hybridized carbons (Fsp3) is 0.0909. The summed E-state index contributed by atoms with van der Waals surface area (Å²) < 4.78 is 0. The van der Waals surface area contributed by atoms with Crippen molar-refractivity contribution in [2.45, 2.75) is 6.92 Å². The van der Waals surface area contributed by atoms with E-state index in [1.165, 1.54) is 0 Å². The third-order valence-electron chi connectivity index (χ3n) is 2.47. The standard InChI is InChI=1S/C11H10ClN5O2/c1-6-4-7(12)2-3-8(6)16-11-9(17(18)19)10(13)14-5-15-11/h2-5H,1H3,(H3,13,14,15,16). The van der Waals surface area contributed by atoms with Crippen molar-refractivity contribution in [1.82, 2.24) is 9.97 Å². The number of nitro groups is 1. The Morgan fingerprint density at radius 3 is 2.79 bits per heavy atom. The van der Waals surface area contributed by atoms with Crippen molar-refractivity contribution in [3.63, 3.8) is 0 Å². The number of nitrogens with one attached hydrogen (secondary N) is 1. The van der Waals surface area contributed by atoms with Gasteiger partial charge in [-0.05, 0) is 30.7 Å². The summed E-state index contributed by atoms with van der Waals surface area (Å²) in [6.45, 7) is 1.82. The van der Waals surface area contributed by atoms with Crippen LogP contribution in [0.2, 0.25) is 5.02 Å². The van der Waals surface area contributed by atoms with Crippen LogP contribution >= 0.6 is 11.6 Å². The average Bonchev–Trinajstić information content (AvgIpc) is 2.32. The van der Waals surface area contributed by atoms with Gasteiger partial charge in [0.2, 0.25) is 11.6 Å². The normalized spacial score (nSPS) is 10.2. The third-order valence-corrected chi connectivity index (χ3v) is 2.71. The van der Waals surface area contributed by atoms with Gasteiger partial charge >= 0.3 is 5.69 Å². The number of hydrogen-bond acceptors (Lipinski definition) is 6. The van der Waals surface area contributed by atoms with Crippen molar-refractivity contribution < 1.29 is 4.92 Å². The van der Waals surface area contributed by atoms with Crippen LogP contribution in [0.3, 0.4) is 0 Å². The van der Waals surface area contributed by atoms with Gasteiger partial charge in [-0.3, -0.25) is 10.1 Å². The Kier molecular flexibility index (Phi) is 3.48. The van der Waals surface area contributed by atoms with Crippen LogP contribution in [0.1, 0.15) is 5.56 Å². The minimum absolute atomic E-state index is 0.0444. The maximum Gasteiger partial charge on any atom is 0.353 e. The van der Waals surface area contributed by atoms with Crippen LogP contribution in [-0.2, 0) is 0 Å². The van der Waals surface area contributed by atoms with Crippen molar-refractivity contribution in [1.29, 1.82) is 0 Å². The zero-order chi connectivity index (χ0) is 14.0. The van der Waals surface area contributed by atoms with Gasteiger partial charge in [-0.15, -0.1) is 0 Å². The maximum atomic E-state index is 11.0. The van der Waals surface area contributed by atoms with E-state index in [0.29, 0.717) is 10.7 Å². The molecule has 1 heterocycles. The first kappa shape index (κ1) is 13.0. The monoisotopic (exact) mass is 279 g/mol. The molecule has 98 valence electrons. The number of benzene rings is 1. The molecule has 0 saturated carbocycles. The summed E-state index contributed by atoms with van der Waals surface area (Å²) in [6.07, 6.45) is 1.16. The van der Waals surface area contributed by atoms with Gasteiger partial charge in [-0.1, -0.05) is 11.6 Å². The molecule has 0 fully saturated rings. The molecule has 0 amide bonds. The number of aromatic nitrogens is 2. The molecule has 0 bridgehead atoms. The van der Waals surface area contributed by atoms with Gasteiger partial charge in [0.05, 0.1) is 4.92 Å². The van der Waals surface area contributed by atoms with Gasteiger partial charge in [-0.25, -0.2) is 9.97 Å². The zero-order valence-corrected chi connectivity index (χ0v) is 10.7. The fourth-order valence-electron chi connectivity index (χ4n) is 1.56. The summed E-state index contributed by atoms with van der Waals surface area (Å²) in [7, 11) is 0. The lowest BCUT2D eigenvalue weighted by molar-refractivity contribution is -0.383. The Labute approximate surface area is 113 Å². The van der Waals surface area contributed by atoms with E-state index in [1.807, 2.05) is 6.92 Å².